The second-order valence-electron chi connectivity index (χ2n) is 7.33. The van der Waals surface area contributed by atoms with Crippen LogP contribution >= 0.6 is 0 Å². The Kier molecular flexibility index (Phi) is 4.21. The van der Waals surface area contributed by atoms with Crippen LogP contribution in [-0.2, 0) is 23.2 Å². The Balaban J connectivity index is 1.64. The molecule has 1 amide bonds. The average molecular weight is 371 g/mol. The summed E-state index contributed by atoms with van der Waals surface area (Å²) in [5.74, 6) is -2.52. The Morgan fingerprint density at radius 2 is 1.81 bits per heavy atom. The molecule has 0 saturated heterocycles. The molecule has 2 aromatic carbocycles. The molecule has 0 atom stereocenters. The van der Waals surface area contributed by atoms with Crippen molar-refractivity contribution in [2.75, 3.05) is 6.54 Å². The van der Waals surface area contributed by atoms with E-state index in [4.69, 9.17) is 0 Å². The zero-order valence-electron chi connectivity index (χ0n) is 14.7. The molecule has 1 heterocycles. The first-order valence-electron chi connectivity index (χ1n) is 9.01. The number of carbonyl (C=O) groups excluding carboxylic acids is 1. The maximum absolute atomic E-state index is 14.4. The van der Waals surface area contributed by atoms with E-state index in [1.54, 1.807) is 23.1 Å². The van der Waals surface area contributed by atoms with Crippen molar-refractivity contribution >= 4 is 11.9 Å². The van der Waals surface area contributed by atoms with E-state index in [1.807, 2.05) is 0 Å². The lowest BCUT2D eigenvalue weighted by Gasteiger charge is -2.45. The topological polar surface area (TPSA) is 57.6 Å². The highest BCUT2D eigenvalue weighted by atomic mass is 19.1. The molecule has 1 fully saturated rings. The van der Waals surface area contributed by atoms with Crippen molar-refractivity contribution in [2.45, 2.75) is 37.6 Å². The Morgan fingerprint density at radius 3 is 2.44 bits per heavy atom. The third kappa shape index (κ3) is 2.89. The molecule has 1 aliphatic heterocycles. The van der Waals surface area contributed by atoms with Crippen molar-refractivity contribution in [1.82, 2.24) is 4.90 Å². The number of aromatic carboxylic acids is 1. The molecule has 27 heavy (non-hydrogen) atoms. The van der Waals surface area contributed by atoms with Gasteiger partial charge in [0.25, 0.3) is 0 Å². The molecule has 6 heteroatoms. The van der Waals surface area contributed by atoms with Crippen molar-refractivity contribution in [3.05, 3.63) is 70.3 Å². The minimum Gasteiger partial charge on any atom is -0.478 e. The minimum absolute atomic E-state index is 0.161. The van der Waals surface area contributed by atoms with Crippen LogP contribution in [0.25, 0.3) is 0 Å². The van der Waals surface area contributed by atoms with Crippen LogP contribution in [0.2, 0.25) is 0 Å². The van der Waals surface area contributed by atoms with Crippen LogP contribution in [-0.4, -0.2) is 28.4 Å². The number of hydrogen-bond acceptors (Lipinski definition) is 2. The molecule has 4 nitrogen and oxygen atoms in total. The minimum atomic E-state index is -1.01. The number of carboxylic acid groups (broad SMARTS) is 1. The lowest BCUT2D eigenvalue weighted by Crippen LogP contribution is -2.52. The Morgan fingerprint density at radius 1 is 1.04 bits per heavy atom. The summed E-state index contributed by atoms with van der Waals surface area (Å²) in [6.45, 7) is 0.808. The second-order valence-corrected chi connectivity index (χ2v) is 7.33. The van der Waals surface area contributed by atoms with E-state index in [9.17, 15) is 23.5 Å². The van der Waals surface area contributed by atoms with Crippen LogP contribution in [0.3, 0.4) is 0 Å². The number of carbonyl (C=O) groups is 2. The first kappa shape index (κ1) is 17.6. The molecule has 0 aromatic heterocycles. The van der Waals surface area contributed by atoms with Crippen molar-refractivity contribution < 1.29 is 23.5 Å². The second kappa shape index (κ2) is 6.44. The van der Waals surface area contributed by atoms with E-state index in [0.717, 1.165) is 23.6 Å². The number of benzene rings is 2. The highest BCUT2D eigenvalue weighted by molar-refractivity contribution is 5.90. The van der Waals surface area contributed by atoms with E-state index < -0.39 is 23.0 Å². The third-order valence-electron chi connectivity index (χ3n) is 5.82. The molecule has 2 aliphatic rings. The number of fused-ring (bicyclic) bond motifs is 1. The number of amides is 1. The van der Waals surface area contributed by atoms with E-state index >= 15 is 0 Å². The first-order valence-corrected chi connectivity index (χ1v) is 9.01. The van der Waals surface area contributed by atoms with Crippen LogP contribution in [0.15, 0.2) is 36.4 Å². The van der Waals surface area contributed by atoms with Gasteiger partial charge in [0.05, 0.1) is 11.0 Å². The van der Waals surface area contributed by atoms with E-state index in [0.29, 0.717) is 32.4 Å². The molecule has 140 valence electrons. The Hall–Kier alpha value is -2.76. The lowest BCUT2D eigenvalue weighted by molar-refractivity contribution is -0.142. The fraction of sp³-hybridized carbons (Fsp3) is 0.333. The Labute approximate surface area is 155 Å². The van der Waals surface area contributed by atoms with Crippen molar-refractivity contribution in [1.29, 1.82) is 0 Å². The van der Waals surface area contributed by atoms with Gasteiger partial charge in [-0.2, -0.15) is 0 Å². The summed E-state index contributed by atoms with van der Waals surface area (Å²) < 4.78 is 27.7. The number of halogens is 2. The van der Waals surface area contributed by atoms with Gasteiger partial charge in [-0.25, -0.2) is 13.6 Å². The summed E-state index contributed by atoms with van der Waals surface area (Å²) >= 11 is 0. The van der Waals surface area contributed by atoms with Gasteiger partial charge in [0.2, 0.25) is 5.91 Å². The predicted molar refractivity (Wildman–Crippen MR) is 94.4 cm³/mol. The summed E-state index contributed by atoms with van der Waals surface area (Å²) in [7, 11) is 0. The van der Waals surface area contributed by atoms with Crippen molar-refractivity contribution in [3.8, 4) is 0 Å². The van der Waals surface area contributed by atoms with Gasteiger partial charge in [0.1, 0.15) is 11.6 Å². The van der Waals surface area contributed by atoms with Gasteiger partial charge in [0.15, 0.2) is 0 Å². The summed E-state index contributed by atoms with van der Waals surface area (Å²) in [5, 5.41) is 9.19. The SMILES string of the molecule is O=C(O)c1ccc2c(c1)CN(C(=O)C1(c3ccc(F)cc3F)CCC1)CC2. The fourth-order valence-corrected chi connectivity index (χ4v) is 4.17. The highest BCUT2D eigenvalue weighted by Gasteiger charge is 2.49. The van der Waals surface area contributed by atoms with Crippen LogP contribution < -0.4 is 0 Å². The van der Waals surface area contributed by atoms with E-state index in [2.05, 4.69) is 0 Å². The molecule has 2 aromatic rings. The number of nitrogens with zero attached hydrogens (tertiary/aromatic N) is 1. The quantitative estimate of drug-likeness (QED) is 0.896. The van der Waals surface area contributed by atoms with Crippen LogP contribution in [0.4, 0.5) is 8.78 Å². The smallest absolute Gasteiger partial charge is 0.335 e. The lowest BCUT2D eigenvalue weighted by atomic mass is 9.63. The van der Waals surface area contributed by atoms with Gasteiger partial charge in [-0.3, -0.25) is 4.79 Å². The summed E-state index contributed by atoms with van der Waals surface area (Å²) in [6.07, 6.45) is 2.51. The number of rotatable bonds is 3. The largest absolute Gasteiger partial charge is 0.478 e. The summed E-state index contributed by atoms with van der Waals surface area (Å²) in [6, 6.07) is 8.36. The van der Waals surface area contributed by atoms with Gasteiger partial charge in [-0.1, -0.05) is 18.6 Å². The van der Waals surface area contributed by atoms with Crippen molar-refractivity contribution in [2.24, 2.45) is 0 Å². The molecule has 1 saturated carbocycles. The third-order valence-corrected chi connectivity index (χ3v) is 5.82. The Bertz CT molecular complexity index is 937. The molecule has 0 spiro atoms. The van der Waals surface area contributed by atoms with Gasteiger partial charge in [-0.05, 0) is 48.6 Å². The average Bonchev–Trinajstić information content (AvgIpc) is 2.61. The highest BCUT2D eigenvalue weighted by Crippen LogP contribution is 2.46. The maximum atomic E-state index is 14.4. The normalized spacial score (nSPS) is 17.8. The molecule has 1 aliphatic carbocycles. The molecule has 4 rings (SSSR count). The fourth-order valence-electron chi connectivity index (χ4n) is 4.17. The van der Waals surface area contributed by atoms with E-state index in [-0.39, 0.29) is 17.0 Å². The zero-order chi connectivity index (χ0) is 19.2. The zero-order valence-corrected chi connectivity index (χ0v) is 14.7. The van der Waals surface area contributed by atoms with Gasteiger partial charge in [-0.15, -0.1) is 0 Å². The maximum Gasteiger partial charge on any atom is 0.335 e. The van der Waals surface area contributed by atoms with Crippen molar-refractivity contribution in [3.63, 3.8) is 0 Å². The first-order chi connectivity index (χ1) is 12.9. The van der Waals surface area contributed by atoms with Gasteiger partial charge >= 0.3 is 5.97 Å². The molecule has 0 unspecified atom stereocenters. The molecule has 0 radical (unpaired) electrons. The molecule has 1 N–H and O–H groups in total. The molecular formula is C21H19F2NO3. The number of carboxylic acids is 1. The monoisotopic (exact) mass is 371 g/mol. The molecule has 0 bridgehead atoms. The summed E-state index contributed by atoms with van der Waals surface area (Å²) in [4.78, 5) is 26.2. The van der Waals surface area contributed by atoms with E-state index in [1.165, 1.54) is 12.1 Å². The summed E-state index contributed by atoms with van der Waals surface area (Å²) in [5.41, 5.74) is 1.33. The van der Waals surface area contributed by atoms with Gasteiger partial charge in [0, 0.05) is 24.7 Å². The standard InChI is InChI=1S/C21H19F2NO3/c22-16-4-5-17(18(23)11-16)21(7-1-8-21)20(27)24-9-6-13-2-3-14(19(25)26)10-15(13)12-24/h2-5,10-11H,1,6-9,12H2,(H,25,26). The van der Waals surface area contributed by atoms with Crippen LogP contribution in [0, 0.1) is 11.6 Å². The van der Waals surface area contributed by atoms with Crippen LogP contribution in [0.1, 0.15) is 46.3 Å². The predicted octanol–water partition coefficient (Wildman–Crippen LogP) is 3.67. The van der Waals surface area contributed by atoms with Crippen LogP contribution in [0.5, 0.6) is 0 Å². The van der Waals surface area contributed by atoms with Gasteiger partial charge < -0.3 is 10.0 Å². The number of hydrogen-bond donors (Lipinski definition) is 1. The molecular weight excluding hydrogens is 352 g/mol.